The van der Waals surface area contributed by atoms with Crippen LogP contribution in [0.2, 0.25) is 5.02 Å². The molecule has 0 spiro atoms. The molecule has 1 heterocycles. The summed E-state index contributed by atoms with van der Waals surface area (Å²) in [4.78, 5) is 23.3. The number of amides is 1. The lowest BCUT2D eigenvalue weighted by molar-refractivity contribution is -0.186. The van der Waals surface area contributed by atoms with Gasteiger partial charge in [-0.1, -0.05) is 29.5 Å². The third-order valence-corrected chi connectivity index (χ3v) is 6.99. The zero-order chi connectivity index (χ0) is 26.5. The zero-order valence-corrected chi connectivity index (χ0v) is 20.7. The second-order valence-corrected chi connectivity index (χ2v) is 10.1. The number of ether oxygens (including phenoxy) is 1. The Kier molecular flexibility index (Phi) is 8.53. The molecular formula is C24H22ClF3N2O5S. The first-order valence-corrected chi connectivity index (χ1v) is 12.6. The minimum Gasteiger partial charge on any atom is -0.469 e. The fraction of sp³-hybridized carbons (Fsp3) is 0.333. The molecule has 192 valence electrons. The number of hydrogen-bond acceptors (Lipinski definition) is 5. The minimum atomic E-state index is -5.01. The number of carbonyl (C=O) groups excluding carboxylic acids is 2. The van der Waals surface area contributed by atoms with E-state index < -0.39 is 22.1 Å². The predicted octanol–water partition coefficient (Wildman–Crippen LogP) is 4.28. The summed E-state index contributed by atoms with van der Waals surface area (Å²) in [7, 11) is -2.86. The number of nitrogens with one attached hydrogen (secondary N) is 1. The van der Waals surface area contributed by atoms with Gasteiger partial charge in [-0.05, 0) is 54.3 Å². The first-order valence-electron chi connectivity index (χ1n) is 10.8. The van der Waals surface area contributed by atoms with Crippen molar-refractivity contribution >= 4 is 39.2 Å². The lowest BCUT2D eigenvalue weighted by Crippen LogP contribution is -2.43. The smallest absolute Gasteiger partial charge is 0.469 e. The number of alkyl halides is 3. The molecule has 0 unspecified atom stereocenters. The summed E-state index contributed by atoms with van der Waals surface area (Å²) in [5.74, 6) is 3.38. The summed E-state index contributed by atoms with van der Waals surface area (Å²) in [5.41, 5.74) is 1.46. The first kappa shape index (κ1) is 27.4. The van der Waals surface area contributed by atoms with Crippen LogP contribution in [0, 0.1) is 11.8 Å². The highest BCUT2D eigenvalue weighted by Crippen LogP contribution is 2.28. The van der Waals surface area contributed by atoms with Crippen LogP contribution < -0.4 is 4.72 Å². The Morgan fingerprint density at radius 3 is 2.61 bits per heavy atom. The van der Waals surface area contributed by atoms with Crippen molar-refractivity contribution < 1.29 is 35.9 Å². The summed E-state index contributed by atoms with van der Waals surface area (Å²) in [6.45, 7) is -0.456. The van der Waals surface area contributed by atoms with Gasteiger partial charge in [0.15, 0.2) is 0 Å². The number of methoxy groups -OCH3 is 1. The van der Waals surface area contributed by atoms with Gasteiger partial charge >= 0.3 is 18.1 Å². The Labute approximate surface area is 211 Å². The summed E-state index contributed by atoms with van der Waals surface area (Å²) >= 11 is 6.04. The van der Waals surface area contributed by atoms with Gasteiger partial charge in [0, 0.05) is 31.0 Å². The number of hydrogen-bond donors (Lipinski definition) is 1. The lowest BCUT2D eigenvalue weighted by Gasteiger charge is -2.29. The highest BCUT2D eigenvalue weighted by molar-refractivity contribution is 7.92. The maximum atomic E-state index is 13.1. The van der Waals surface area contributed by atoms with E-state index >= 15 is 0 Å². The minimum absolute atomic E-state index is 0.109. The van der Waals surface area contributed by atoms with Crippen molar-refractivity contribution in [2.24, 2.45) is 0 Å². The van der Waals surface area contributed by atoms with E-state index in [0.29, 0.717) is 39.5 Å². The van der Waals surface area contributed by atoms with Crippen molar-refractivity contribution in [1.29, 1.82) is 0 Å². The molecule has 0 radical (unpaired) electrons. The third kappa shape index (κ3) is 6.92. The van der Waals surface area contributed by atoms with E-state index in [0.717, 1.165) is 0 Å². The van der Waals surface area contributed by atoms with Crippen LogP contribution in [0.25, 0.3) is 0 Å². The topological polar surface area (TPSA) is 92.8 Å². The van der Waals surface area contributed by atoms with Crippen molar-refractivity contribution in [1.82, 2.24) is 4.90 Å². The van der Waals surface area contributed by atoms with Crippen molar-refractivity contribution in [3.05, 3.63) is 58.1 Å². The van der Waals surface area contributed by atoms with Crippen molar-refractivity contribution in [3.8, 4) is 11.8 Å². The zero-order valence-electron chi connectivity index (χ0n) is 19.1. The van der Waals surface area contributed by atoms with E-state index in [-0.39, 0.29) is 42.5 Å². The number of esters is 1. The Morgan fingerprint density at radius 2 is 1.92 bits per heavy atom. The van der Waals surface area contributed by atoms with Crippen LogP contribution in [-0.4, -0.2) is 45.0 Å². The summed E-state index contributed by atoms with van der Waals surface area (Å²) < 4.78 is 71.7. The maximum absolute atomic E-state index is 13.1. The molecule has 12 heteroatoms. The van der Waals surface area contributed by atoms with Gasteiger partial charge in [-0.25, -0.2) is 8.42 Å². The van der Waals surface area contributed by atoms with Crippen LogP contribution in [-0.2, 0) is 37.3 Å². The second-order valence-electron chi connectivity index (χ2n) is 7.93. The lowest BCUT2D eigenvalue weighted by atomic mass is 10.00. The molecule has 36 heavy (non-hydrogen) atoms. The van der Waals surface area contributed by atoms with Gasteiger partial charge in [0.05, 0.1) is 23.3 Å². The molecule has 0 saturated heterocycles. The molecule has 7 nitrogen and oxygen atoms in total. The molecule has 3 rings (SSSR count). The molecule has 2 aromatic rings. The Morgan fingerprint density at radius 1 is 1.17 bits per heavy atom. The number of benzene rings is 2. The third-order valence-electron chi connectivity index (χ3n) is 5.39. The van der Waals surface area contributed by atoms with E-state index in [1.54, 1.807) is 0 Å². The average Bonchev–Trinajstić information content (AvgIpc) is 2.83. The molecule has 1 amide bonds. The summed E-state index contributed by atoms with van der Waals surface area (Å²) in [6, 6.07) is 8.57. The molecule has 2 aromatic carbocycles. The highest BCUT2D eigenvalue weighted by atomic mass is 35.5. The molecule has 0 bridgehead atoms. The number of anilines is 1. The first-order chi connectivity index (χ1) is 16.9. The maximum Gasteiger partial charge on any atom is 0.471 e. The molecule has 0 atom stereocenters. The summed E-state index contributed by atoms with van der Waals surface area (Å²) in [5, 5.41) is 0.333. The van der Waals surface area contributed by atoms with Crippen LogP contribution in [0.15, 0.2) is 41.3 Å². The normalized spacial score (nSPS) is 13.3. The fourth-order valence-electron chi connectivity index (χ4n) is 3.55. The van der Waals surface area contributed by atoms with Crippen LogP contribution in [0.3, 0.4) is 0 Å². The number of unbranched alkanes of at least 4 members (excludes halogenated alkanes) is 1. The van der Waals surface area contributed by atoms with Gasteiger partial charge in [0.25, 0.3) is 10.0 Å². The van der Waals surface area contributed by atoms with Gasteiger partial charge < -0.3 is 9.64 Å². The number of carbonyl (C=O) groups is 2. The monoisotopic (exact) mass is 542 g/mol. The van der Waals surface area contributed by atoms with Gasteiger partial charge in [-0.15, -0.1) is 0 Å². The number of nitrogens with zero attached hydrogens (tertiary/aromatic N) is 1. The van der Waals surface area contributed by atoms with Gasteiger partial charge in [-0.3, -0.25) is 14.3 Å². The number of halogens is 4. The molecular weight excluding hydrogens is 521 g/mol. The highest BCUT2D eigenvalue weighted by Gasteiger charge is 2.43. The largest absolute Gasteiger partial charge is 0.471 e. The van der Waals surface area contributed by atoms with E-state index in [1.165, 1.54) is 43.5 Å². The van der Waals surface area contributed by atoms with Crippen molar-refractivity contribution in [2.75, 3.05) is 18.4 Å². The molecule has 0 fully saturated rings. The predicted molar refractivity (Wildman–Crippen MR) is 127 cm³/mol. The van der Waals surface area contributed by atoms with Crippen LogP contribution in [0.4, 0.5) is 18.9 Å². The standard InChI is InChI=1S/C24H22ClF3N2O5S/c1-35-22(31)6-4-2-3-5-17-13-19(25)8-10-21(17)29-36(33,34)20-9-7-16-11-12-30(15-18(16)14-20)23(32)24(26,27)28/h7-10,13-14,29H,2,4,6,11-12,15H2,1H3. The Hall–Kier alpha value is -3.23. The van der Waals surface area contributed by atoms with Gasteiger partial charge in [0.2, 0.25) is 0 Å². The van der Waals surface area contributed by atoms with Crippen LogP contribution >= 0.6 is 11.6 Å². The van der Waals surface area contributed by atoms with Gasteiger partial charge in [-0.2, -0.15) is 13.2 Å². The molecule has 1 aliphatic heterocycles. The molecule has 0 saturated carbocycles. The van der Waals surface area contributed by atoms with E-state index in [1.807, 2.05) is 0 Å². The van der Waals surface area contributed by atoms with Gasteiger partial charge in [0.1, 0.15) is 0 Å². The fourth-order valence-corrected chi connectivity index (χ4v) is 4.85. The van der Waals surface area contributed by atoms with Crippen LogP contribution in [0.5, 0.6) is 0 Å². The Balaban J connectivity index is 1.80. The van der Waals surface area contributed by atoms with E-state index in [9.17, 15) is 31.2 Å². The van der Waals surface area contributed by atoms with Crippen LogP contribution in [0.1, 0.15) is 36.0 Å². The molecule has 1 aliphatic rings. The molecule has 0 aliphatic carbocycles. The number of rotatable bonds is 6. The number of fused-ring (bicyclic) bond motifs is 1. The molecule has 0 aromatic heterocycles. The number of sulfonamides is 1. The average molecular weight is 543 g/mol. The quantitative estimate of drug-likeness (QED) is 0.334. The van der Waals surface area contributed by atoms with Crippen molar-refractivity contribution in [2.45, 2.75) is 43.3 Å². The van der Waals surface area contributed by atoms with Crippen molar-refractivity contribution in [3.63, 3.8) is 0 Å². The Bertz CT molecular complexity index is 1330. The molecule has 1 N–H and O–H groups in total. The second kappa shape index (κ2) is 11.2. The van der Waals surface area contributed by atoms with E-state index in [4.69, 9.17) is 11.6 Å². The SMILES string of the molecule is COC(=O)CCCC#Cc1cc(Cl)ccc1NS(=O)(=O)c1ccc2c(c1)CN(C(=O)C(F)(F)F)CC2. The van der Waals surface area contributed by atoms with E-state index in [2.05, 4.69) is 21.3 Å². The summed E-state index contributed by atoms with van der Waals surface area (Å²) in [6.07, 6.45) is -3.80.